The van der Waals surface area contributed by atoms with Crippen LogP contribution in [0.25, 0.3) is 11.8 Å². The first-order chi connectivity index (χ1) is 15.6. The smallest absolute Gasteiger partial charge is 0.270 e. The zero-order valence-corrected chi connectivity index (χ0v) is 22.4. The summed E-state index contributed by atoms with van der Waals surface area (Å²) >= 11 is 19.9. The summed E-state index contributed by atoms with van der Waals surface area (Å²) < 4.78 is 3.28. The predicted molar refractivity (Wildman–Crippen MR) is 145 cm³/mol. The van der Waals surface area contributed by atoms with Gasteiger partial charge in [-0.25, -0.2) is 0 Å². The van der Waals surface area contributed by atoms with Gasteiger partial charge >= 0.3 is 0 Å². The molecule has 1 aliphatic heterocycles. The molecule has 2 amide bonds. The molecule has 0 spiro atoms. The van der Waals surface area contributed by atoms with Gasteiger partial charge in [0.15, 0.2) is 5.11 Å². The van der Waals surface area contributed by atoms with E-state index in [1.807, 2.05) is 26.0 Å². The number of hydrogen-bond acceptors (Lipinski definition) is 3. The van der Waals surface area contributed by atoms with Crippen molar-refractivity contribution < 1.29 is 9.59 Å². The summed E-state index contributed by atoms with van der Waals surface area (Å²) in [5.41, 5.74) is 5.16. The summed E-state index contributed by atoms with van der Waals surface area (Å²) in [4.78, 5) is 27.3. The highest BCUT2D eigenvalue weighted by atomic mass is 127. The molecule has 1 saturated heterocycles. The Balaban J connectivity index is 1.78. The third-order valence-corrected chi connectivity index (χ3v) is 7.45. The van der Waals surface area contributed by atoms with E-state index in [9.17, 15) is 9.59 Å². The van der Waals surface area contributed by atoms with Crippen molar-refractivity contribution in [2.24, 2.45) is 0 Å². The van der Waals surface area contributed by atoms with Crippen LogP contribution in [-0.2, 0) is 9.59 Å². The molecule has 0 aliphatic carbocycles. The molecule has 9 heteroatoms. The van der Waals surface area contributed by atoms with Crippen molar-refractivity contribution in [3.8, 4) is 5.69 Å². The molecule has 1 N–H and O–H groups in total. The van der Waals surface area contributed by atoms with Crippen molar-refractivity contribution in [3.05, 3.63) is 84.2 Å². The normalized spacial score (nSPS) is 15.4. The first-order valence-electron chi connectivity index (χ1n) is 9.90. The van der Waals surface area contributed by atoms with Crippen LogP contribution in [0.3, 0.4) is 0 Å². The van der Waals surface area contributed by atoms with Gasteiger partial charge in [0.05, 0.1) is 10.7 Å². The summed E-state index contributed by atoms with van der Waals surface area (Å²) in [5.74, 6) is -1.11. The quantitative estimate of drug-likeness (QED) is 0.168. The maximum absolute atomic E-state index is 13.4. The minimum absolute atomic E-state index is 0.0337. The standard InChI is InChI=1S/C24H18Cl2IN3O2S/c1-12-8-17(5-6-20(12)27)29-13(2)9-15(14(29)3)10-18-22(31)28-24(33)30(23(18)32)21-7-4-16(25)11-19(21)26/h4-11H,1-3H3,(H,28,31,33)/b18-10+. The molecule has 0 unspecified atom stereocenters. The summed E-state index contributed by atoms with van der Waals surface area (Å²) in [5, 5.41) is 3.23. The summed E-state index contributed by atoms with van der Waals surface area (Å²) in [6.45, 7) is 6.00. The molecule has 2 aromatic carbocycles. The maximum Gasteiger partial charge on any atom is 0.270 e. The van der Waals surface area contributed by atoms with Gasteiger partial charge in [-0.2, -0.15) is 0 Å². The van der Waals surface area contributed by atoms with Crippen molar-refractivity contribution in [3.63, 3.8) is 0 Å². The third kappa shape index (κ3) is 4.47. The number of aromatic nitrogens is 1. The summed E-state index contributed by atoms with van der Waals surface area (Å²) in [6, 6.07) is 12.9. The Kier molecular flexibility index (Phi) is 6.68. The van der Waals surface area contributed by atoms with E-state index >= 15 is 0 Å². The first-order valence-corrected chi connectivity index (χ1v) is 12.1. The topological polar surface area (TPSA) is 54.3 Å². The fraction of sp³-hybridized carbons (Fsp3) is 0.125. The van der Waals surface area contributed by atoms with Gasteiger partial charge in [-0.3, -0.25) is 19.8 Å². The van der Waals surface area contributed by atoms with Crippen LogP contribution in [0, 0.1) is 24.3 Å². The fourth-order valence-electron chi connectivity index (χ4n) is 3.79. The van der Waals surface area contributed by atoms with Gasteiger partial charge in [0.25, 0.3) is 11.8 Å². The summed E-state index contributed by atoms with van der Waals surface area (Å²) in [6.07, 6.45) is 1.59. The Bertz CT molecular complexity index is 1380. The van der Waals surface area contributed by atoms with Crippen LogP contribution in [0.15, 0.2) is 48.0 Å². The number of hydrogen-bond donors (Lipinski definition) is 1. The van der Waals surface area contributed by atoms with E-state index in [1.165, 1.54) is 20.1 Å². The van der Waals surface area contributed by atoms with Crippen LogP contribution in [0.4, 0.5) is 5.69 Å². The second kappa shape index (κ2) is 9.21. The molecule has 0 radical (unpaired) electrons. The molecule has 4 rings (SSSR count). The number of amides is 2. The van der Waals surface area contributed by atoms with Crippen molar-refractivity contribution >= 4 is 86.7 Å². The van der Waals surface area contributed by atoms with Gasteiger partial charge in [0.1, 0.15) is 5.57 Å². The Morgan fingerprint density at radius 2 is 1.76 bits per heavy atom. The van der Waals surface area contributed by atoms with Crippen molar-refractivity contribution in [1.82, 2.24) is 9.88 Å². The van der Waals surface area contributed by atoms with Crippen molar-refractivity contribution in [2.45, 2.75) is 20.8 Å². The van der Waals surface area contributed by atoms with Gasteiger partial charge in [-0.1, -0.05) is 23.2 Å². The second-order valence-corrected chi connectivity index (χ2v) is 10.0. The van der Waals surface area contributed by atoms with E-state index in [-0.39, 0.29) is 15.7 Å². The Morgan fingerprint density at radius 1 is 1.03 bits per heavy atom. The number of carbonyl (C=O) groups is 2. The molecule has 2 heterocycles. The Labute approximate surface area is 220 Å². The molecule has 0 saturated carbocycles. The third-order valence-electron chi connectivity index (χ3n) is 5.42. The average molecular weight is 610 g/mol. The SMILES string of the molecule is Cc1cc(-n2c(C)cc(/C=C3\C(=O)NC(=S)N(c4ccc(Cl)cc4Cl)C3=O)c2C)ccc1I. The monoisotopic (exact) mass is 609 g/mol. The van der Waals surface area contributed by atoms with Gasteiger partial charge in [-0.15, -0.1) is 0 Å². The lowest BCUT2D eigenvalue weighted by Crippen LogP contribution is -2.54. The van der Waals surface area contributed by atoms with E-state index < -0.39 is 11.8 Å². The van der Waals surface area contributed by atoms with Gasteiger partial charge in [-0.05, 0) is 115 Å². The highest BCUT2D eigenvalue weighted by Gasteiger charge is 2.35. The van der Waals surface area contributed by atoms with Gasteiger partial charge in [0.2, 0.25) is 0 Å². The number of aryl methyl sites for hydroxylation is 2. The molecule has 0 bridgehead atoms. The number of nitrogens with one attached hydrogen (secondary N) is 1. The summed E-state index contributed by atoms with van der Waals surface area (Å²) in [7, 11) is 0. The lowest BCUT2D eigenvalue weighted by molar-refractivity contribution is -0.122. The molecule has 1 aromatic heterocycles. The van der Waals surface area contributed by atoms with E-state index in [2.05, 4.69) is 51.5 Å². The predicted octanol–water partition coefficient (Wildman–Crippen LogP) is 6.15. The van der Waals surface area contributed by atoms with Crippen LogP contribution in [0.2, 0.25) is 10.0 Å². The zero-order chi connectivity index (χ0) is 24.0. The van der Waals surface area contributed by atoms with Crippen molar-refractivity contribution in [2.75, 3.05) is 4.90 Å². The Hall–Kier alpha value is -2.20. The molecule has 1 fully saturated rings. The van der Waals surface area contributed by atoms with Crippen molar-refractivity contribution in [1.29, 1.82) is 0 Å². The molecular weight excluding hydrogens is 592 g/mol. The second-order valence-electron chi connectivity index (χ2n) is 7.65. The van der Waals surface area contributed by atoms with Crippen LogP contribution in [-0.4, -0.2) is 21.5 Å². The number of nitrogens with zero attached hydrogens (tertiary/aromatic N) is 2. The van der Waals surface area contributed by atoms with Crippen LogP contribution < -0.4 is 10.2 Å². The number of rotatable bonds is 3. The van der Waals surface area contributed by atoms with Crippen LogP contribution in [0.1, 0.15) is 22.5 Å². The number of anilines is 1. The largest absolute Gasteiger partial charge is 0.318 e. The number of carbonyl (C=O) groups excluding carboxylic acids is 2. The fourth-order valence-corrected chi connectivity index (χ4v) is 4.90. The number of thiocarbonyl (C=S) groups is 1. The first kappa shape index (κ1) is 23.9. The molecular formula is C24H18Cl2IN3O2S. The molecule has 168 valence electrons. The highest BCUT2D eigenvalue weighted by molar-refractivity contribution is 14.1. The molecule has 3 aromatic rings. The zero-order valence-electron chi connectivity index (χ0n) is 17.9. The van der Waals surface area contributed by atoms with E-state index in [0.29, 0.717) is 10.7 Å². The van der Waals surface area contributed by atoms with Crippen LogP contribution >= 0.6 is 58.0 Å². The lowest BCUT2D eigenvalue weighted by atomic mass is 10.1. The highest BCUT2D eigenvalue weighted by Crippen LogP contribution is 2.32. The van der Waals surface area contributed by atoms with Gasteiger partial charge in [0, 0.05) is 25.7 Å². The van der Waals surface area contributed by atoms with E-state index in [1.54, 1.807) is 18.2 Å². The van der Waals surface area contributed by atoms with E-state index in [0.717, 1.165) is 22.6 Å². The molecule has 0 atom stereocenters. The number of halogens is 3. The minimum Gasteiger partial charge on any atom is -0.318 e. The van der Waals surface area contributed by atoms with Crippen LogP contribution in [0.5, 0.6) is 0 Å². The van der Waals surface area contributed by atoms with Gasteiger partial charge < -0.3 is 4.57 Å². The minimum atomic E-state index is -0.554. The lowest BCUT2D eigenvalue weighted by Gasteiger charge is -2.29. The molecule has 1 aliphatic rings. The number of benzene rings is 2. The molecule has 33 heavy (non-hydrogen) atoms. The molecule has 5 nitrogen and oxygen atoms in total. The average Bonchev–Trinajstić information content (AvgIpc) is 3.02. The maximum atomic E-state index is 13.4. The Morgan fingerprint density at radius 3 is 2.42 bits per heavy atom. The van der Waals surface area contributed by atoms with E-state index in [4.69, 9.17) is 35.4 Å².